The van der Waals surface area contributed by atoms with Crippen molar-refractivity contribution in [3.8, 4) is 11.4 Å². The highest BCUT2D eigenvalue weighted by Gasteiger charge is 2.35. The van der Waals surface area contributed by atoms with Crippen LogP contribution in [0.25, 0.3) is 11.4 Å². The summed E-state index contributed by atoms with van der Waals surface area (Å²) < 4.78 is 52.5. The molecule has 20 heavy (non-hydrogen) atoms. The Kier molecular flexibility index (Phi) is 4.11. The fraction of sp³-hybridized carbons (Fsp3) is 0.167. The number of nitrogens with one attached hydrogen (secondary N) is 1. The molecule has 2 rings (SSSR count). The molecule has 3 nitrogen and oxygen atoms in total. The molecule has 0 spiro atoms. The Hall–Kier alpha value is -1.45. The van der Waals surface area contributed by atoms with Crippen molar-refractivity contribution in [2.45, 2.75) is 6.18 Å². The molecule has 0 saturated heterocycles. The van der Waals surface area contributed by atoms with Crippen LogP contribution in [0.3, 0.4) is 0 Å². The van der Waals surface area contributed by atoms with Gasteiger partial charge in [-0.1, -0.05) is 0 Å². The summed E-state index contributed by atoms with van der Waals surface area (Å²) >= 11 is 1.96. The summed E-state index contributed by atoms with van der Waals surface area (Å²) in [6.07, 6.45) is -3.28. The molecule has 1 N–H and O–H groups in total. The zero-order chi connectivity index (χ0) is 14.9. The summed E-state index contributed by atoms with van der Waals surface area (Å²) in [4.78, 5) is 7.89. The van der Waals surface area contributed by atoms with Gasteiger partial charge in [0.15, 0.2) is 5.82 Å². The third-order valence-electron chi connectivity index (χ3n) is 2.51. The number of hydrogen-bond acceptors (Lipinski definition) is 3. The van der Waals surface area contributed by atoms with Crippen molar-refractivity contribution >= 4 is 28.4 Å². The topological polar surface area (TPSA) is 37.8 Å². The third-order valence-corrected chi connectivity index (χ3v) is 3.30. The first-order valence-corrected chi connectivity index (χ1v) is 6.48. The Balaban J connectivity index is 2.64. The summed E-state index contributed by atoms with van der Waals surface area (Å²) in [6, 6.07) is 2.42. The quantitative estimate of drug-likeness (QED) is 0.616. The predicted octanol–water partition coefficient (Wildman–Crippen LogP) is 3.95. The van der Waals surface area contributed by atoms with Gasteiger partial charge in [0.1, 0.15) is 11.6 Å². The Morgan fingerprint density at radius 2 is 1.95 bits per heavy atom. The van der Waals surface area contributed by atoms with Gasteiger partial charge in [-0.05, 0) is 40.8 Å². The first-order valence-electron chi connectivity index (χ1n) is 5.40. The summed E-state index contributed by atoms with van der Waals surface area (Å²) in [6.45, 7) is 0. The van der Waals surface area contributed by atoms with Crippen LogP contribution in [0.5, 0.6) is 0 Å². The molecule has 0 radical (unpaired) electrons. The highest BCUT2D eigenvalue weighted by Crippen LogP contribution is 2.36. The molecular weight excluding hydrogens is 389 g/mol. The van der Waals surface area contributed by atoms with Crippen LogP contribution in [0.2, 0.25) is 0 Å². The molecule has 0 aliphatic carbocycles. The van der Waals surface area contributed by atoms with Crippen LogP contribution in [0.15, 0.2) is 24.4 Å². The van der Waals surface area contributed by atoms with E-state index in [1.807, 2.05) is 22.6 Å². The van der Waals surface area contributed by atoms with Crippen molar-refractivity contribution in [1.29, 1.82) is 0 Å². The van der Waals surface area contributed by atoms with Gasteiger partial charge in [-0.3, -0.25) is 0 Å². The standard InChI is InChI=1S/C12H8F4IN3/c1-18-11-9(17)5-19-10(20-11)7-3-2-6(13)4-8(7)12(14,15)16/h2-5H,1H3,(H,18,19,20). The fourth-order valence-corrected chi connectivity index (χ4v) is 2.15. The molecule has 2 aromatic rings. The summed E-state index contributed by atoms with van der Waals surface area (Å²) in [5, 5.41) is 2.76. The Morgan fingerprint density at radius 3 is 2.55 bits per heavy atom. The summed E-state index contributed by atoms with van der Waals surface area (Å²) in [5.74, 6) is -0.657. The molecule has 0 amide bonds. The van der Waals surface area contributed by atoms with Gasteiger partial charge in [0, 0.05) is 18.8 Å². The normalized spacial score (nSPS) is 11.5. The van der Waals surface area contributed by atoms with Crippen molar-refractivity contribution in [2.24, 2.45) is 0 Å². The lowest BCUT2D eigenvalue weighted by Crippen LogP contribution is -2.09. The largest absolute Gasteiger partial charge is 0.417 e. The van der Waals surface area contributed by atoms with Gasteiger partial charge in [-0.15, -0.1) is 0 Å². The van der Waals surface area contributed by atoms with E-state index in [-0.39, 0.29) is 11.4 Å². The Bertz CT molecular complexity index is 643. The van der Waals surface area contributed by atoms with Crippen LogP contribution in [0.1, 0.15) is 5.56 Å². The number of rotatable bonds is 2. The smallest absolute Gasteiger partial charge is 0.372 e. The van der Waals surface area contributed by atoms with Crippen molar-refractivity contribution in [1.82, 2.24) is 9.97 Å². The average molecular weight is 397 g/mol. The average Bonchev–Trinajstić information content (AvgIpc) is 2.38. The zero-order valence-corrected chi connectivity index (χ0v) is 12.3. The summed E-state index contributed by atoms with van der Waals surface area (Å²) in [5.41, 5.74) is -1.35. The molecule has 0 unspecified atom stereocenters. The van der Waals surface area contributed by atoms with Gasteiger partial charge in [0.2, 0.25) is 0 Å². The van der Waals surface area contributed by atoms with E-state index in [1.165, 1.54) is 6.20 Å². The lowest BCUT2D eigenvalue weighted by molar-refractivity contribution is -0.137. The minimum atomic E-state index is -4.68. The van der Waals surface area contributed by atoms with Gasteiger partial charge in [0.05, 0.1) is 9.13 Å². The summed E-state index contributed by atoms with van der Waals surface area (Å²) in [7, 11) is 1.60. The SMILES string of the molecule is CNc1nc(-c2ccc(F)cc2C(F)(F)F)ncc1I. The molecule has 1 heterocycles. The van der Waals surface area contributed by atoms with Crippen LogP contribution in [-0.4, -0.2) is 17.0 Å². The molecule has 106 valence electrons. The van der Waals surface area contributed by atoms with Crippen LogP contribution in [0.4, 0.5) is 23.4 Å². The van der Waals surface area contributed by atoms with Crippen LogP contribution >= 0.6 is 22.6 Å². The van der Waals surface area contributed by atoms with Crippen molar-refractivity contribution in [3.63, 3.8) is 0 Å². The van der Waals surface area contributed by atoms with E-state index in [9.17, 15) is 17.6 Å². The first-order chi connectivity index (χ1) is 9.32. The second kappa shape index (κ2) is 5.51. The maximum absolute atomic E-state index is 13.0. The number of halogens is 5. The number of nitrogens with zero attached hydrogens (tertiary/aromatic N) is 2. The second-order valence-electron chi connectivity index (χ2n) is 3.83. The molecule has 0 saturated carbocycles. The third kappa shape index (κ3) is 3.00. The van der Waals surface area contributed by atoms with E-state index in [0.29, 0.717) is 15.5 Å². The van der Waals surface area contributed by atoms with Gasteiger partial charge in [-0.25, -0.2) is 14.4 Å². The molecule has 0 atom stereocenters. The molecule has 0 aliphatic rings. The van der Waals surface area contributed by atoms with Crippen LogP contribution < -0.4 is 5.32 Å². The minimum absolute atomic E-state index is 0.109. The molecule has 0 aliphatic heterocycles. The second-order valence-corrected chi connectivity index (χ2v) is 4.99. The van der Waals surface area contributed by atoms with E-state index in [2.05, 4.69) is 15.3 Å². The van der Waals surface area contributed by atoms with Crippen LogP contribution in [0, 0.1) is 9.39 Å². The molecular formula is C12H8F4IN3. The number of alkyl halides is 3. The van der Waals surface area contributed by atoms with Crippen molar-refractivity contribution < 1.29 is 17.6 Å². The lowest BCUT2D eigenvalue weighted by atomic mass is 10.1. The number of hydrogen-bond donors (Lipinski definition) is 1. The first kappa shape index (κ1) is 14.9. The lowest BCUT2D eigenvalue weighted by Gasteiger charge is -2.13. The number of aromatic nitrogens is 2. The number of anilines is 1. The van der Waals surface area contributed by atoms with Crippen molar-refractivity contribution in [3.05, 3.63) is 39.3 Å². The van der Waals surface area contributed by atoms with Gasteiger partial charge in [-0.2, -0.15) is 13.2 Å². The maximum Gasteiger partial charge on any atom is 0.417 e. The highest BCUT2D eigenvalue weighted by molar-refractivity contribution is 14.1. The fourth-order valence-electron chi connectivity index (χ4n) is 1.62. The molecule has 8 heteroatoms. The van der Waals surface area contributed by atoms with E-state index in [0.717, 1.165) is 12.1 Å². The molecule has 1 aromatic carbocycles. The molecule has 0 bridgehead atoms. The highest BCUT2D eigenvalue weighted by atomic mass is 127. The predicted molar refractivity (Wildman–Crippen MR) is 74.7 cm³/mol. The van der Waals surface area contributed by atoms with Crippen molar-refractivity contribution in [2.75, 3.05) is 12.4 Å². The van der Waals surface area contributed by atoms with Gasteiger partial charge in [0.25, 0.3) is 0 Å². The molecule has 0 fully saturated rings. The van der Waals surface area contributed by atoms with Crippen LogP contribution in [-0.2, 0) is 6.18 Å². The van der Waals surface area contributed by atoms with Gasteiger partial charge >= 0.3 is 6.18 Å². The zero-order valence-electron chi connectivity index (χ0n) is 10.1. The maximum atomic E-state index is 13.0. The van der Waals surface area contributed by atoms with E-state index in [1.54, 1.807) is 7.05 Å². The number of benzene rings is 1. The van der Waals surface area contributed by atoms with E-state index in [4.69, 9.17) is 0 Å². The minimum Gasteiger partial charge on any atom is -0.372 e. The van der Waals surface area contributed by atoms with Gasteiger partial charge < -0.3 is 5.32 Å². The van der Waals surface area contributed by atoms with E-state index < -0.39 is 17.6 Å². The molecule has 1 aromatic heterocycles. The Labute approximate surface area is 125 Å². The van der Waals surface area contributed by atoms with E-state index >= 15 is 0 Å². The Morgan fingerprint density at radius 1 is 1.25 bits per heavy atom. The monoisotopic (exact) mass is 397 g/mol.